The van der Waals surface area contributed by atoms with E-state index in [1.54, 1.807) is 0 Å². The summed E-state index contributed by atoms with van der Waals surface area (Å²) in [5.41, 5.74) is 16.5. The van der Waals surface area contributed by atoms with E-state index in [-0.39, 0.29) is 12.0 Å². The van der Waals surface area contributed by atoms with Gasteiger partial charge in [0, 0.05) is 17.6 Å². The molecule has 0 amide bonds. The normalized spacial score (nSPS) is 17.3. The van der Waals surface area contributed by atoms with Crippen LogP contribution in [0.4, 0.5) is 5.69 Å². The van der Waals surface area contributed by atoms with Crippen molar-refractivity contribution in [1.82, 2.24) is 0 Å². The van der Waals surface area contributed by atoms with E-state index in [1.165, 1.54) is 22.3 Å². The minimum atomic E-state index is -1.15. The minimum Gasteiger partial charge on any atom is -0.356 e. The van der Waals surface area contributed by atoms with Crippen molar-refractivity contribution in [3.05, 3.63) is 185 Å². The van der Waals surface area contributed by atoms with Crippen LogP contribution < -0.4 is 11.1 Å². The molecule has 5 nitrogen and oxygen atoms in total. The largest absolute Gasteiger partial charge is 0.356 e. The van der Waals surface area contributed by atoms with Crippen molar-refractivity contribution >= 4 is 5.69 Å². The highest BCUT2D eigenvalue weighted by molar-refractivity contribution is 5.78. The molecule has 236 valence electrons. The fraction of sp³-hybridized carbons (Fsp3) is 0.190. The summed E-state index contributed by atoms with van der Waals surface area (Å²) in [6.07, 6.45) is 5.99. The van der Waals surface area contributed by atoms with E-state index in [1.807, 2.05) is 30.3 Å². The molecule has 5 aromatic carbocycles. The van der Waals surface area contributed by atoms with E-state index in [9.17, 15) is 5.11 Å². The monoisotopic (exact) mass is 620 g/mol. The van der Waals surface area contributed by atoms with E-state index < -0.39 is 12.0 Å². The molecule has 0 saturated carbocycles. The SMILES string of the molecule is Cc1ccccc1C(OCc1ccc(NC(O)OCC2c3ccccc3-c3ccccc32)cc1)(C1=CCC(N)C=C1)c1ccccc1. The molecule has 5 aromatic rings. The maximum Gasteiger partial charge on any atom is 0.235 e. The lowest BCUT2D eigenvalue weighted by Gasteiger charge is -2.39. The third-order valence-corrected chi connectivity index (χ3v) is 9.33. The first-order chi connectivity index (χ1) is 23.0. The zero-order chi connectivity index (χ0) is 32.2. The maximum atomic E-state index is 10.8. The van der Waals surface area contributed by atoms with Crippen LogP contribution in [-0.4, -0.2) is 24.2 Å². The Bertz CT molecular complexity index is 1850. The van der Waals surface area contributed by atoms with Gasteiger partial charge in [0.05, 0.1) is 13.2 Å². The van der Waals surface area contributed by atoms with Gasteiger partial charge in [0.15, 0.2) is 0 Å². The zero-order valence-corrected chi connectivity index (χ0v) is 26.6. The maximum absolute atomic E-state index is 10.8. The number of anilines is 1. The van der Waals surface area contributed by atoms with Gasteiger partial charge in [0.1, 0.15) is 5.60 Å². The van der Waals surface area contributed by atoms with Crippen molar-refractivity contribution in [2.45, 2.75) is 43.9 Å². The number of hydrogen-bond acceptors (Lipinski definition) is 5. The summed E-state index contributed by atoms with van der Waals surface area (Å²) in [6, 6.07) is 43.6. The number of aliphatic hydroxyl groups is 1. The quantitative estimate of drug-likeness (QED) is 0.130. The van der Waals surface area contributed by atoms with Crippen LogP contribution in [-0.2, 0) is 21.7 Å². The Kier molecular flexibility index (Phi) is 8.88. The average molecular weight is 621 g/mol. The number of aryl methyl sites for hydroxylation is 1. The van der Waals surface area contributed by atoms with Gasteiger partial charge in [-0.1, -0.05) is 133 Å². The molecule has 0 aromatic heterocycles. The first kappa shape index (κ1) is 30.9. The van der Waals surface area contributed by atoms with Gasteiger partial charge in [-0.3, -0.25) is 0 Å². The highest BCUT2D eigenvalue weighted by atomic mass is 16.6. The molecular formula is C42H40N2O3. The second-order valence-corrected chi connectivity index (χ2v) is 12.3. The van der Waals surface area contributed by atoms with E-state index in [0.717, 1.165) is 39.9 Å². The number of rotatable bonds is 11. The molecule has 4 N–H and O–H groups in total. The summed E-state index contributed by atoms with van der Waals surface area (Å²) < 4.78 is 13.0. The molecule has 3 atom stereocenters. The fourth-order valence-electron chi connectivity index (χ4n) is 6.96. The summed E-state index contributed by atoms with van der Waals surface area (Å²) in [5.74, 6) is 0.0707. The molecular weight excluding hydrogens is 580 g/mol. The average Bonchev–Trinajstić information content (AvgIpc) is 3.43. The second-order valence-electron chi connectivity index (χ2n) is 12.3. The van der Waals surface area contributed by atoms with Gasteiger partial charge >= 0.3 is 0 Å². The number of nitrogens with two attached hydrogens (primary N) is 1. The van der Waals surface area contributed by atoms with Crippen LogP contribution >= 0.6 is 0 Å². The molecule has 2 aliphatic carbocycles. The number of benzene rings is 5. The van der Waals surface area contributed by atoms with Gasteiger partial charge in [-0.15, -0.1) is 0 Å². The lowest BCUT2D eigenvalue weighted by atomic mass is 9.76. The summed E-state index contributed by atoms with van der Waals surface area (Å²) in [6.45, 7) is 2.87. The van der Waals surface area contributed by atoms with Gasteiger partial charge in [0.25, 0.3) is 0 Å². The molecule has 7 rings (SSSR count). The predicted molar refractivity (Wildman–Crippen MR) is 189 cm³/mol. The van der Waals surface area contributed by atoms with Crippen molar-refractivity contribution in [3.8, 4) is 11.1 Å². The van der Waals surface area contributed by atoms with Crippen LogP contribution in [0.2, 0.25) is 0 Å². The van der Waals surface area contributed by atoms with Crippen molar-refractivity contribution in [3.63, 3.8) is 0 Å². The first-order valence-corrected chi connectivity index (χ1v) is 16.3. The molecule has 0 fully saturated rings. The number of aliphatic hydroxyl groups excluding tert-OH is 1. The van der Waals surface area contributed by atoms with Crippen LogP contribution in [0.3, 0.4) is 0 Å². The first-order valence-electron chi connectivity index (χ1n) is 16.3. The Hall–Kier alpha value is -4.78. The fourth-order valence-corrected chi connectivity index (χ4v) is 6.96. The molecule has 0 saturated heterocycles. The lowest BCUT2D eigenvalue weighted by molar-refractivity contribution is -0.0801. The van der Waals surface area contributed by atoms with Gasteiger partial charge in [0.2, 0.25) is 6.41 Å². The van der Waals surface area contributed by atoms with Crippen LogP contribution in [0.25, 0.3) is 11.1 Å². The van der Waals surface area contributed by atoms with Gasteiger partial charge in [-0.05, 0) is 75.6 Å². The molecule has 0 spiro atoms. The molecule has 47 heavy (non-hydrogen) atoms. The standard InChI is InChI=1S/C42H40N2O3/c1-29-11-5-10-18-40(29)42(31-12-3-2-4-13-31,32-21-23-33(43)24-22-32)47-27-30-19-25-34(26-20-30)44-41(45)46-28-39-37-16-8-6-14-35(37)36-15-7-9-17-38(36)39/h2-23,25-26,33,39,41,44-45H,24,27-28,43H2,1H3. The van der Waals surface area contributed by atoms with E-state index in [2.05, 4.69) is 128 Å². The predicted octanol–water partition coefficient (Wildman–Crippen LogP) is 8.19. The van der Waals surface area contributed by atoms with Gasteiger partial charge in [-0.25, -0.2) is 0 Å². The van der Waals surface area contributed by atoms with Crippen LogP contribution in [0.15, 0.2) is 151 Å². The van der Waals surface area contributed by atoms with Crippen molar-refractivity contribution in [1.29, 1.82) is 0 Å². The van der Waals surface area contributed by atoms with Crippen LogP contribution in [0.1, 0.15) is 45.7 Å². The summed E-state index contributed by atoms with van der Waals surface area (Å²) in [4.78, 5) is 0. The third-order valence-electron chi connectivity index (χ3n) is 9.33. The number of fused-ring (bicyclic) bond motifs is 3. The van der Waals surface area contributed by atoms with Crippen LogP contribution in [0.5, 0.6) is 0 Å². The number of nitrogens with one attached hydrogen (secondary N) is 1. The van der Waals surface area contributed by atoms with Crippen molar-refractivity contribution in [2.75, 3.05) is 11.9 Å². The van der Waals surface area contributed by atoms with Gasteiger partial charge in [-0.2, -0.15) is 0 Å². The summed E-state index contributed by atoms with van der Waals surface area (Å²) in [7, 11) is 0. The molecule has 0 aliphatic heterocycles. The molecule has 0 radical (unpaired) electrons. The molecule has 3 unspecified atom stereocenters. The Morgan fingerprint density at radius 3 is 2.11 bits per heavy atom. The number of ether oxygens (including phenoxy) is 2. The highest BCUT2D eigenvalue weighted by Crippen LogP contribution is 2.46. The van der Waals surface area contributed by atoms with Crippen LogP contribution in [0, 0.1) is 6.92 Å². The van der Waals surface area contributed by atoms with E-state index >= 15 is 0 Å². The molecule has 5 heteroatoms. The Labute approximate surface area is 277 Å². The minimum absolute atomic E-state index is 0.00625. The second kappa shape index (κ2) is 13.5. The molecule has 2 aliphatic rings. The smallest absolute Gasteiger partial charge is 0.235 e. The Morgan fingerprint density at radius 2 is 1.45 bits per heavy atom. The topological polar surface area (TPSA) is 76.7 Å². The van der Waals surface area contributed by atoms with Crippen molar-refractivity contribution < 1.29 is 14.6 Å². The molecule has 0 bridgehead atoms. The highest BCUT2D eigenvalue weighted by Gasteiger charge is 2.40. The van der Waals surface area contributed by atoms with Crippen molar-refractivity contribution in [2.24, 2.45) is 5.73 Å². The summed E-state index contributed by atoms with van der Waals surface area (Å²) in [5, 5.41) is 13.9. The Balaban J connectivity index is 1.07. The molecule has 0 heterocycles. The van der Waals surface area contributed by atoms with E-state index in [4.69, 9.17) is 15.2 Å². The number of hydrogen-bond donors (Lipinski definition) is 3. The lowest BCUT2D eigenvalue weighted by Crippen LogP contribution is -2.35. The van der Waals surface area contributed by atoms with E-state index in [0.29, 0.717) is 13.2 Å². The zero-order valence-electron chi connectivity index (χ0n) is 26.6. The summed E-state index contributed by atoms with van der Waals surface area (Å²) >= 11 is 0. The van der Waals surface area contributed by atoms with Gasteiger partial charge < -0.3 is 25.6 Å². The third kappa shape index (κ3) is 6.19. The Morgan fingerprint density at radius 1 is 0.809 bits per heavy atom.